The Morgan fingerprint density at radius 2 is 2.17 bits per heavy atom. The molecule has 9 heteroatoms. The number of aromatic nitrogens is 1. The molecule has 30 heavy (non-hydrogen) atoms. The highest BCUT2D eigenvalue weighted by Crippen LogP contribution is 2.39. The van der Waals surface area contributed by atoms with Crippen LogP contribution in [0.15, 0.2) is 36.5 Å². The molecule has 1 saturated heterocycles. The Morgan fingerprint density at radius 3 is 2.97 bits per heavy atom. The van der Waals surface area contributed by atoms with E-state index in [0.29, 0.717) is 27.8 Å². The lowest BCUT2D eigenvalue weighted by Gasteiger charge is -2.38. The summed E-state index contributed by atoms with van der Waals surface area (Å²) in [5.41, 5.74) is 1.31. The number of esters is 1. The second-order valence-electron chi connectivity index (χ2n) is 7.12. The summed E-state index contributed by atoms with van der Waals surface area (Å²) in [4.78, 5) is 45.5. The first-order chi connectivity index (χ1) is 14.5. The number of benzene rings is 1. The van der Waals surface area contributed by atoms with Crippen LogP contribution in [-0.2, 0) is 14.3 Å². The average molecular weight is 429 g/mol. The summed E-state index contributed by atoms with van der Waals surface area (Å²) in [7, 11) is 0. The molecule has 1 atom stereocenters. The van der Waals surface area contributed by atoms with Gasteiger partial charge in [0, 0.05) is 18.4 Å². The van der Waals surface area contributed by atoms with Crippen LogP contribution in [0.3, 0.4) is 0 Å². The van der Waals surface area contributed by atoms with Gasteiger partial charge in [-0.1, -0.05) is 17.7 Å². The van der Waals surface area contributed by atoms with Crippen molar-refractivity contribution in [3.63, 3.8) is 0 Å². The van der Waals surface area contributed by atoms with Gasteiger partial charge < -0.3 is 15.0 Å². The number of pyridine rings is 1. The minimum Gasteiger partial charge on any atom is -0.462 e. The number of anilines is 3. The molecule has 1 aromatic heterocycles. The molecule has 1 N–H and O–H groups in total. The molecule has 8 nitrogen and oxygen atoms in total. The van der Waals surface area contributed by atoms with Crippen molar-refractivity contribution in [2.45, 2.75) is 25.8 Å². The Balaban J connectivity index is 1.54. The van der Waals surface area contributed by atoms with E-state index in [9.17, 15) is 14.4 Å². The predicted octanol–water partition coefficient (Wildman–Crippen LogP) is 2.87. The Kier molecular flexibility index (Phi) is 5.59. The van der Waals surface area contributed by atoms with Crippen LogP contribution in [0.1, 0.15) is 30.1 Å². The zero-order chi connectivity index (χ0) is 21.3. The molecule has 3 heterocycles. The maximum Gasteiger partial charge on any atom is 0.338 e. The van der Waals surface area contributed by atoms with Gasteiger partial charge in [0.25, 0.3) is 0 Å². The molecule has 1 aromatic carbocycles. The van der Waals surface area contributed by atoms with E-state index in [-0.39, 0.29) is 31.0 Å². The van der Waals surface area contributed by atoms with Crippen molar-refractivity contribution < 1.29 is 19.1 Å². The van der Waals surface area contributed by atoms with E-state index < -0.39 is 5.97 Å². The summed E-state index contributed by atoms with van der Waals surface area (Å²) in [6.07, 6.45) is 3.16. The van der Waals surface area contributed by atoms with Crippen molar-refractivity contribution in [2.75, 3.05) is 34.8 Å². The first-order valence-corrected chi connectivity index (χ1v) is 10.2. The summed E-state index contributed by atoms with van der Waals surface area (Å²) < 4.78 is 4.99. The number of hydrogen-bond acceptors (Lipinski definition) is 6. The number of halogens is 1. The minimum absolute atomic E-state index is 0.139. The summed E-state index contributed by atoms with van der Waals surface area (Å²) in [6, 6.07) is 7.82. The number of fused-ring (bicyclic) bond motifs is 3. The topological polar surface area (TPSA) is 91.8 Å². The second kappa shape index (κ2) is 8.31. The molecule has 2 aromatic rings. The van der Waals surface area contributed by atoms with E-state index in [2.05, 4.69) is 10.3 Å². The Bertz CT molecular complexity index is 1010. The summed E-state index contributed by atoms with van der Waals surface area (Å²) in [5.74, 6) is -0.324. The van der Waals surface area contributed by atoms with Crippen molar-refractivity contribution in [1.82, 2.24) is 4.98 Å². The third kappa shape index (κ3) is 3.82. The van der Waals surface area contributed by atoms with E-state index in [1.807, 2.05) is 4.90 Å². The van der Waals surface area contributed by atoms with E-state index in [4.69, 9.17) is 16.3 Å². The fraction of sp³-hybridized carbons (Fsp3) is 0.333. The monoisotopic (exact) mass is 428 g/mol. The van der Waals surface area contributed by atoms with Gasteiger partial charge in [0.2, 0.25) is 11.8 Å². The first kappa shape index (κ1) is 20.2. The highest BCUT2D eigenvalue weighted by molar-refractivity contribution is 6.31. The molecule has 156 valence electrons. The van der Waals surface area contributed by atoms with Crippen LogP contribution in [0.5, 0.6) is 0 Å². The molecule has 2 aliphatic rings. The molecule has 2 aliphatic heterocycles. The number of rotatable bonds is 5. The van der Waals surface area contributed by atoms with E-state index in [1.54, 1.807) is 43.5 Å². The summed E-state index contributed by atoms with van der Waals surface area (Å²) in [6.45, 7) is 2.56. The number of nitrogens with one attached hydrogen (secondary N) is 1. The van der Waals surface area contributed by atoms with Crippen LogP contribution in [0, 0.1) is 0 Å². The Morgan fingerprint density at radius 1 is 1.33 bits per heavy atom. The van der Waals surface area contributed by atoms with Gasteiger partial charge in [-0.3, -0.25) is 14.5 Å². The third-order valence-electron chi connectivity index (χ3n) is 5.14. The molecule has 2 amide bonds. The van der Waals surface area contributed by atoms with Crippen molar-refractivity contribution in [1.29, 1.82) is 0 Å². The Hall–Kier alpha value is -3.13. The fourth-order valence-electron chi connectivity index (χ4n) is 3.86. The smallest absolute Gasteiger partial charge is 0.338 e. The van der Waals surface area contributed by atoms with Gasteiger partial charge in [-0.05, 0) is 44.0 Å². The molecular formula is C21H21ClN4O4. The number of amides is 2. The molecule has 4 rings (SSSR count). The zero-order valence-electron chi connectivity index (χ0n) is 16.4. The largest absolute Gasteiger partial charge is 0.462 e. The third-order valence-corrected chi connectivity index (χ3v) is 5.35. The van der Waals surface area contributed by atoms with E-state index >= 15 is 0 Å². The van der Waals surface area contributed by atoms with E-state index in [1.165, 1.54) is 4.90 Å². The molecular weight excluding hydrogens is 408 g/mol. The lowest BCUT2D eigenvalue weighted by atomic mass is 10.1. The molecule has 0 aliphatic carbocycles. The molecule has 1 fully saturated rings. The van der Waals surface area contributed by atoms with Gasteiger partial charge in [-0.25, -0.2) is 9.78 Å². The fourth-order valence-corrected chi connectivity index (χ4v) is 4.01. The molecule has 0 spiro atoms. The predicted molar refractivity (Wildman–Crippen MR) is 113 cm³/mol. The number of hydrogen-bond donors (Lipinski definition) is 1. The van der Waals surface area contributed by atoms with Crippen LogP contribution in [0.2, 0.25) is 5.02 Å². The van der Waals surface area contributed by atoms with Crippen molar-refractivity contribution in [2.24, 2.45) is 0 Å². The Labute approximate surface area is 178 Å². The van der Waals surface area contributed by atoms with Crippen LogP contribution in [0.25, 0.3) is 0 Å². The average Bonchev–Trinajstić information content (AvgIpc) is 3.21. The highest BCUT2D eigenvalue weighted by Gasteiger charge is 2.42. The lowest BCUT2D eigenvalue weighted by molar-refractivity contribution is -0.122. The van der Waals surface area contributed by atoms with Gasteiger partial charge >= 0.3 is 5.97 Å². The van der Waals surface area contributed by atoms with Gasteiger partial charge in [-0.15, -0.1) is 0 Å². The summed E-state index contributed by atoms with van der Waals surface area (Å²) in [5, 5.41) is 3.14. The van der Waals surface area contributed by atoms with Crippen molar-refractivity contribution in [3.05, 3.63) is 47.1 Å². The van der Waals surface area contributed by atoms with Gasteiger partial charge in [-0.2, -0.15) is 0 Å². The van der Waals surface area contributed by atoms with Gasteiger partial charge in [0.1, 0.15) is 12.6 Å². The number of carbonyl (C=O) groups is 3. The van der Waals surface area contributed by atoms with Crippen LogP contribution in [0.4, 0.5) is 17.2 Å². The maximum absolute atomic E-state index is 13.1. The molecule has 0 saturated carbocycles. The lowest BCUT2D eigenvalue weighted by Crippen LogP contribution is -2.53. The SMILES string of the molecule is CCOC(=O)c1cccc(NC(=O)CN2C(=O)C3CCCN3c3ncc(Cl)cc32)c1. The summed E-state index contributed by atoms with van der Waals surface area (Å²) >= 11 is 6.11. The van der Waals surface area contributed by atoms with Gasteiger partial charge in [0.05, 0.1) is 22.9 Å². The van der Waals surface area contributed by atoms with Crippen molar-refractivity contribution >= 4 is 46.6 Å². The zero-order valence-corrected chi connectivity index (χ0v) is 17.2. The number of ether oxygens (including phenoxy) is 1. The maximum atomic E-state index is 13.1. The molecule has 0 radical (unpaired) electrons. The molecule has 0 bridgehead atoms. The van der Waals surface area contributed by atoms with Crippen molar-refractivity contribution in [3.8, 4) is 0 Å². The van der Waals surface area contributed by atoms with Crippen LogP contribution >= 0.6 is 11.6 Å². The van der Waals surface area contributed by atoms with Crippen LogP contribution in [-0.4, -0.2) is 48.5 Å². The quantitative estimate of drug-likeness (QED) is 0.736. The van der Waals surface area contributed by atoms with Gasteiger partial charge in [0.15, 0.2) is 5.82 Å². The number of carbonyl (C=O) groups excluding carboxylic acids is 3. The second-order valence-corrected chi connectivity index (χ2v) is 7.56. The standard InChI is InChI=1S/C21H21ClN4O4/c1-2-30-21(29)13-5-3-6-15(9-13)24-18(27)12-26-17-10-14(22)11-23-19(17)25-8-4-7-16(25)20(26)28/h3,5-6,9-11,16H,2,4,7-8,12H2,1H3,(H,24,27). The van der Waals surface area contributed by atoms with E-state index in [0.717, 1.165) is 19.4 Å². The first-order valence-electron chi connectivity index (χ1n) is 9.78. The number of nitrogens with zero attached hydrogens (tertiary/aromatic N) is 3. The molecule has 1 unspecified atom stereocenters. The normalized spacial score (nSPS) is 17.4. The minimum atomic E-state index is -0.462. The van der Waals surface area contributed by atoms with Crippen LogP contribution < -0.4 is 15.1 Å². The highest BCUT2D eigenvalue weighted by atomic mass is 35.5.